The highest BCUT2D eigenvalue weighted by atomic mass is 32.2. The smallest absolute Gasteiger partial charge is 0.419 e. The highest BCUT2D eigenvalue weighted by Gasteiger charge is 2.34. The van der Waals surface area contributed by atoms with Crippen molar-refractivity contribution in [2.45, 2.75) is 6.18 Å². The predicted molar refractivity (Wildman–Crippen MR) is 102 cm³/mol. The Balaban J connectivity index is 2.56. The first-order valence-corrected chi connectivity index (χ1v) is 10.0. The van der Waals surface area contributed by atoms with Crippen LogP contribution in [-0.4, -0.2) is 41.8 Å². The van der Waals surface area contributed by atoms with Gasteiger partial charge in [0.15, 0.2) is 11.5 Å². The summed E-state index contributed by atoms with van der Waals surface area (Å²) < 4.78 is 87.2. The summed E-state index contributed by atoms with van der Waals surface area (Å²) in [6.45, 7) is 0. The molecule has 0 spiro atoms. The summed E-state index contributed by atoms with van der Waals surface area (Å²) in [5.41, 5.74) is -2.22. The Hall–Kier alpha value is -3.02. The first kappa shape index (κ1) is 23.3. The Morgan fingerprint density at radius 2 is 1.63 bits per heavy atom. The maximum Gasteiger partial charge on any atom is 0.419 e. The van der Waals surface area contributed by atoms with Crippen LogP contribution in [0.4, 0.5) is 28.9 Å². The Morgan fingerprint density at radius 1 is 1.07 bits per heavy atom. The number of hydrogen-bond acceptors (Lipinski definition) is 5. The average Bonchev–Trinajstić information content (AvgIpc) is 2.66. The fraction of sp³-hybridized carbons (Fsp3) is 0.278. The van der Waals surface area contributed by atoms with Crippen LogP contribution in [0.2, 0.25) is 0 Å². The molecule has 2 aromatic rings. The van der Waals surface area contributed by atoms with Crippen molar-refractivity contribution in [3.05, 3.63) is 47.3 Å². The van der Waals surface area contributed by atoms with Crippen LogP contribution in [0.1, 0.15) is 15.9 Å². The largest absolute Gasteiger partial charge is 0.493 e. The van der Waals surface area contributed by atoms with Gasteiger partial charge in [0.25, 0.3) is 5.91 Å². The number of methoxy groups -OCH3 is 2. The molecule has 0 heterocycles. The first-order valence-electron chi connectivity index (χ1n) is 8.17. The number of nitrogens with one attached hydrogen (secondary N) is 1. The zero-order valence-corrected chi connectivity index (χ0v) is 17.1. The Morgan fingerprint density at radius 3 is 2.13 bits per heavy atom. The number of amides is 1. The van der Waals surface area contributed by atoms with Gasteiger partial charge in [-0.1, -0.05) is 0 Å². The highest BCUT2D eigenvalue weighted by molar-refractivity contribution is 7.92. The van der Waals surface area contributed by atoms with E-state index in [9.17, 15) is 30.8 Å². The van der Waals surface area contributed by atoms with E-state index in [0.717, 1.165) is 16.6 Å². The van der Waals surface area contributed by atoms with Gasteiger partial charge in [0.2, 0.25) is 10.0 Å². The van der Waals surface area contributed by atoms with Crippen molar-refractivity contribution in [1.29, 1.82) is 0 Å². The van der Waals surface area contributed by atoms with E-state index < -0.39 is 33.5 Å². The molecule has 0 bridgehead atoms. The Kier molecular flexibility index (Phi) is 6.50. The minimum Gasteiger partial charge on any atom is -0.493 e. The quantitative estimate of drug-likeness (QED) is 0.681. The molecule has 0 fully saturated rings. The number of nitrogens with zero attached hydrogens (tertiary/aromatic N) is 1. The van der Waals surface area contributed by atoms with Gasteiger partial charge in [-0.15, -0.1) is 0 Å². The zero-order valence-electron chi connectivity index (χ0n) is 16.3. The summed E-state index contributed by atoms with van der Waals surface area (Å²) in [4.78, 5) is 12.8. The van der Waals surface area contributed by atoms with E-state index in [1.165, 1.54) is 33.4 Å². The standard InChI is InChI=1S/C18H18F4N2O5S/c1-24(30(4,26)27)14-9-16(29-3)15(28-2)8-11(14)17(25)23-10-5-6-13(19)12(7-10)18(20,21)22/h5-9H,1-4H3,(H,23,25). The first-order chi connectivity index (χ1) is 13.8. The lowest BCUT2D eigenvalue weighted by Gasteiger charge is -2.22. The van der Waals surface area contributed by atoms with Crippen molar-refractivity contribution < 1.29 is 40.2 Å². The molecule has 0 aliphatic rings. The third-order valence-electron chi connectivity index (χ3n) is 4.11. The molecular formula is C18H18F4N2O5S. The summed E-state index contributed by atoms with van der Waals surface area (Å²) in [6, 6.07) is 4.37. The lowest BCUT2D eigenvalue weighted by molar-refractivity contribution is -0.139. The van der Waals surface area contributed by atoms with Crippen molar-refractivity contribution >= 4 is 27.3 Å². The van der Waals surface area contributed by atoms with Crippen molar-refractivity contribution in [2.24, 2.45) is 0 Å². The minimum atomic E-state index is -4.96. The Labute approximate surface area is 170 Å². The van der Waals surface area contributed by atoms with Gasteiger partial charge < -0.3 is 14.8 Å². The fourth-order valence-electron chi connectivity index (χ4n) is 2.51. The molecule has 7 nitrogen and oxygen atoms in total. The molecule has 0 aliphatic carbocycles. The zero-order chi connectivity index (χ0) is 22.9. The van der Waals surface area contributed by atoms with Crippen LogP contribution < -0.4 is 19.1 Å². The van der Waals surface area contributed by atoms with E-state index >= 15 is 0 Å². The molecule has 0 unspecified atom stereocenters. The summed E-state index contributed by atoms with van der Waals surface area (Å²) >= 11 is 0. The number of benzene rings is 2. The second-order valence-corrected chi connectivity index (χ2v) is 8.12. The number of hydrogen-bond donors (Lipinski definition) is 1. The fourth-order valence-corrected chi connectivity index (χ4v) is 3.02. The van der Waals surface area contributed by atoms with Gasteiger partial charge in [0, 0.05) is 18.8 Å². The van der Waals surface area contributed by atoms with E-state index in [1.54, 1.807) is 0 Å². The number of carbonyl (C=O) groups excluding carboxylic acids is 1. The second kappa shape index (κ2) is 8.38. The van der Waals surface area contributed by atoms with Crippen LogP contribution in [0, 0.1) is 5.82 Å². The van der Waals surface area contributed by atoms with Crippen molar-refractivity contribution in [1.82, 2.24) is 0 Å². The molecule has 0 radical (unpaired) electrons. The summed E-state index contributed by atoms with van der Waals surface area (Å²) in [7, 11) is -0.0235. The van der Waals surface area contributed by atoms with Crippen LogP contribution >= 0.6 is 0 Å². The van der Waals surface area contributed by atoms with Crippen LogP contribution in [0.5, 0.6) is 11.5 Å². The van der Waals surface area contributed by atoms with Crippen LogP contribution in [0.15, 0.2) is 30.3 Å². The van der Waals surface area contributed by atoms with Crippen LogP contribution in [0.25, 0.3) is 0 Å². The molecule has 0 saturated carbocycles. The number of alkyl halides is 3. The third kappa shape index (κ3) is 4.93. The minimum absolute atomic E-state index is 0.0865. The van der Waals surface area contributed by atoms with Gasteiger partial charge in [-0.3, -0.25) is 9.10 Å². The molecule has 2 rings (SSSR count). The van der Waals surface area contributed by atoms with Crippen LogP contribution in [-0.2, 0) is 16.2 Å². The van der Waals surface area contributed by atoms with E-state index in [4.69, 9.17) is 9.47 Å². The number of carbonyl (C=O) groups is 1. The Bertz CT molecular complexity index is 1070. The maximum atomic E-state index is 13.5. The predicted octanol–water partition coefficient (Wildman–Crippen LogP) is 3.51. The van der Waals surface area contributed by atoms with Gasteiger partial charge in [-0.05, 0) is 24.3 Å². The van der Waals surface area contributed by atoms with Crippen molar-refractivity contribution in [3.8, 4) is 11.5 Å². The summed E-state index contributed by atoms with van der Waals surface area (Å²) in [6.07, 6.45) is -4.06. The molecule has 1 N–H and O–H groups in total. The monoisotopic (exact) mass is 450 g/mol. The lowest BCUT2D eigenvalue weighted by atomic mass is 10.1. The summed E-state index contributed by atoms with van der Waals surface area (Å²) in [5.74, 6) is -2.23. The van der Waals surface area contributed by atoms with E-state index in [1.807, 2.05) is 0 Å². The molecular weight excluding hydrogens is 432 g/mol. The third-order valence-corrected chi connectivity index (χ3v) is 5.30. The molecule has 0 saturated heterocycles. The average molecular weight is 450 g/mol. The van der Waals surface area contributed by atoms with Gasteiger partial charge in [0.05, 0.1) is 37.3 Å². The van der Waals surface area contributed by atoms with Gasteiger partial charge in [-0.2, -0.15) is 13.2 Å². The molecule has 164 valence electrons. The topological polar surface area (TPSA) is 84.9 Å². The van der Waals surface area contributed by atoms with Crippen molar-refractivity contribution in [2.75, 3.05) is 37.1 Å². The lowest BCUT2D eigenvalue weighted by Crippen LogP contribution is -2.28. The molecule has 1 amide bonds. The normalized spacial score (nSPS) is 11.7. The van der Waals surface area contributed by atoms with E-state index in [2.05, 4.69) is 5.32 Å². The maximum absolute atomic E-state index is 13.5. The number of halogens is 4. The SMILES string of the molecule is COc1cc(C(=O)Nc2ccc(F)c(C(F)(F)F)c2)c(N(C)S(C)(=O)=O)cc1OC. The van der Waals surface area contributed by atoms with Crippen molar-refractivity contribution in [3.63, 3.8) is 0 Å². The van der Waals surface area contributed by atoms with Gasteiger partial charge in [-0.25, -0.2) is 12.8 Å². The summed E-state index contributed by atoms with van der Waals surface area (Å²) in [5, 5.41) is 2.21. The number of sulfonamides is 1. The van der Waals surface area contributed by atoms with E-state index in [-0.39, 0.29) is 28.4 Å². The number of anilines is 2. The van der Waals surface area contributed by atoms with Gasteiger partial charge >= 0.3 is 6.18 Å². The molecule has 12 heteroatoms. The van der Waals surface area contributed by atoms with Gasteiger partial charge in [0.1, 0.15) is 5.82 Å². The molecule has 0 aromatic heterocycles. The molecule has 0 atom stereocenters. The number of rotatable bonds is 6. The highest BCUT2D eigenvalue weighted by Crippen LogP contribution is 2.37. The molecule has 0 aliphatic heterocycles. The second-order valence-electron chi connectivity index (χ2n) is 6.10. The van der Waals surface area contributed by atoms with Crippen LogP contribution in [0.3, 0.4) is 0 Å². The van der Waals surface area contributed by atoms with E-state index in [0.29, 0.717) is 12.1 Å². The molecule has 2 aromatic carbocycles. The molecule has 30 heavy (non-hydrogen) atoms. The number of ether oxygens (including phenoxy) is 2.